The summed E-state index contributed by atoms with van der Waals surface area (Å²) in [7, 11) is 0. The summed E-state index contributed by atoms with van der Waals surface area (Å²) in [5.41, 5.74) is -1.26. The number of rotatable bonds is 4. The smallest absolute Gasteiger partial charge is 0.417 e. The van der Waals surface area contributed by atoms with Crippen LogP contribution < -0.4 is 10.6 Å². The van der Waals surface area contributed by atoms with E-state index in [0.29, 0.717) is 6.07 Å². The van der Waals surface area contributed by atoms with Gasteiger partial charge in [-0.1, -0.05) is 11.6 Å². The summed E-state index contributed by atoms with van der Waals surface area (Å²) in [4.78, 5) is 33.7. The van der Waals surface area contributed by atoms with Crippen molar-refractivity contribution >= 4 is 35.1 Å². The van der Waals surface area contributed by atoms with Crippen molar-refractivity contribution < 1.29 is 32.3 Å². The summed E-state index contributed by atoms with van der Waals surface area (Å²) in [5, 5.41) is 3.60. The third kappa shape index (κ3) is 5.78. The molecule has 0 atom stereocenters. The van der Waals surface area contributed by atoms with E-state index in [1.54, 1.807) is 0 Å². The second kappa shape index (κ2) is 7.82. The summed E-state index contributed by atoms with van der Waals surface area (Å²) < 4.78 is 42.4. The van der Waals surface area contributed by atoms with Crippen LogP contribution in [0.2, 0.25) is 5.02 Å². The van der Waals surface area contributed by atoms with E-state index >= 15 is 0 Å². The van der Waals surface area contributed by atoms with Crippen LogP contribution in [0.1, 0.15) is 12.5 Å². The van der Waals surface area contributed by atoms with Crippen LogP contribution >= 0.6 is 11.6 Å². The first kappa shape index (κ1) is 18.8. The molecule has 1 rings (SSSR count). The van der Waals surface area contributed by atoms with Crippen LogP contribution in [0.25, 0.3) is 0 Å². The van der Waals surface area contributed by atoms with Gasteiger partial charge in [-0.3, -0.25) is 9.59 Å². The molecule has 0 saturated carbocycles. The van der Waals surface area contributed by atoms with Gasteiger partial charge in [-0.25, -0.2) is 4.79 Å². The van der Waals surface area contributed by atoms with Gasteiger partial charge in [0, 0.05) is 5.69 Å². The molecule has 10 heteroatoms. The molecule has 0 radical (unpaired) electrons. The molecule has 2 amide bonds. The summed E-state index contributed by atoms with van der Waals surface area (Å²) >= 11 is 5.44. The maximum Gasteiger partial charge on any atom is 0.417 e. The third-order valence-corrected chi connectivity index (χ3v) is 2.76. The first-order valence-corrected chi connectivity index (χ1v) is 6.64. The highest BCUT2D eigenvalue weighted by Gasteiger charge is 2.33. The molecule has 0 aliphatic heterocycles. The van der Waals surface area contributed by atoms with Gasteiger partial charge in [-0.2, -0.15) is 13.2 Å². The number of carbonyl (C=O) groups is 3. The van der Waals surface area contributed by atoms with Crippen molar-refractivity contribution in [2.75, 3.05) is 18.5 Å². The Kier molecular flexibility index (Phi) is 6.38. The van der Waals surface area contributed by atoms with Crippen molar-refractivity contribution in [1.29, 1.82) is 0 Å². The number of halogens is 4. The fourth-order valence-corrected chi connectivity index (χ4v) is 1.68. The van der Waals surface area contributed by atoms with Crippen molar-refractivity contribution in [2.24, 2.45) is 0 Å². The highest BCUT2D eigenvalue weighted by Crippen LogP contribution is 2.36. The van der Waals surface area contributed by atoms with Gasteiger partial charge in [0.05, 0.1) is 23.7 Å². The number of hydrogen-bond donors (Lipinski definition) is 2. The standard InChI is InChI=1S/C13H12ClF3N2O4/c1-2-23-12(22)11(21)18-6-10(20)19-7-3-4-9(14)8(5-7)13(15,16)17/h3-5H,2,6H2,1H3,(H,18,21)(H,19,20). The maximum absolute atomic E-state index is 12.7. The Morgan fingerprint density at radius 2 is 1.91 bits per heavy atom. The third-order valence-electron chi connectivity index (χ3n) is 2.43. The highest BCUT2D eigenvalue weighted by atomic mass is 35.5. The highest BCUT2D eigenvalue weighted by molar-refractivity contribution is 6.33. The van der Waals surface area contributed by atoms with Crippen molar-refractivity contribution in [3.8, 4) is 0 Å². The molecule has 0 fully saturated rings. The van der Waals surface area contributed by atoms with E-state index in [1.807, 2.05) is 5.32 Å². The average molecular weight is 353 g/mol. The van der Waals surface area contributed by atoms with E-state index in [4.69, 9.17) is 11.6 Å². The number of benzene rings is 1. The molecule has 2 N–H and O–H groups in total. The summed E-state index contributed by atoms with van der Waals surface area (Å²) in [6.45, 7) is 0.877. The predicted molar refractivity (Wildman–Crippen MR) is 74.7 cm³/mol. The molecule has 0 spiro atoms. The minimum absolute atomic E-state index is 0.0105. The number of nitrogens with one attached hydrogen (secondary N) is 2. The van der Waals surface area contributed by atoms with Gasteiger partial charge < -0.3 is 15.4 Å². The lowest BCUT2D eigenvalue weighted by Gasteiger charge is -2.12. The molecule has 0 heterocycles. The van der Waals surface area contributed by atoms with Crippen LogP contribution in [0.4, 0.5) is 18.9 Å². The normalized spacial score (nSPS) is 10.8. The van der Waals surface area contributed by atoms with Crippen LogP contribution in [-0.4, -0.2) is 30.9 Å². The van der Waals surface area contributed by atoms with Crippen LogP contribution in [0.5, 0.6) is 0 Å². The minimum Gasteiger partial charge on any atom is -0.459 e. The zero-order valence-corrected chi connectivity index (χ0v) is 12.5. The summed E-state index contributed by atoms with van der Waals surface area (Å²) in [6.07, 6.45) is -4.67. The Hall–Kier alpha value is -2.29. The number of alkyl halides is 3. The van der Waals surface area contributed by atoms with Crippen LogP contribution in [-0.2, 0) is 25.3 Å². The molecule has 0 saturated heterocycles. The predicted octanol–water partition coefficient (Wildman–Crippen LogP) is 1.98. The fraction of sp³-hybridized carbons (Fsp3) is 0.308. The number of carbonyl (C=O) groups excluding carboxylic acids is 3. The van der Waals surface area contributed by atoms with Crippen LogP contribution in [0.15, 0.2) is 18.2 Å². The minimum atomic E-state index is -4.67. The van der Waals surface area contributed by atoms with Gasteiger partial charge >= 0.3 is 18.1 Å². The van der Waals surface area contributed by atoms with E-state index in [1.165, 1.54) is 13.0 Å². The SMILES string of the molecule is CCOC(=O)C(=O)NCC(=O)Nc1ccc(Cl)c(C(F)(F)F)c1. The lowest BCUT2D eigenvalue weighted by atomic mass is 10.2. The Bertz CT molecular complexity index is 620. The van der Waals surface area contributed by atoms with Gasteiger partial charge in [0.25, 0.3) is 0 Å². The van der Waals surface area contributed by atoms with Crippen molar-refractivity contribution in [3.63, 3.8) is 0 Å². The summed E-state index contributed by atoms with van der Waals surface area (Å²) in [5.74, 6) is -3.11. The second-order valence-corrected chi connectivity index (χ2v) is 4.55. The lowest BCUT2D eigenvalue weighted by molar-refractivity contribution is -0.154. The number of ether oxygens (including phenoxy) is 1. The molecular formula is C13H12ClF3N2O4. The molecule has 0 aliphatic carbocycles. The molecule has 0 aliphatic rings. The van der Waals surface area contributed by atoms with Crippen molar-refractivity contribution in [2.45, 2.75) is 13.1 Å². The first-order valence-electron chi connectivity index (χ1n) is 6.26. The first-order chi connectivity index (χ1) is 10.6. The quantitative estimate of drug-likeness (QED) is 0.641. The molecule has 1 aromatic rings. The number of hydrogen-bond acceptors (Lipinski definition) is 4. The Morgan fingerprint density at radius 3 is 2.48 bits per heavy atom. The lowest BCUT2D eigenvalue weighted by Crippen LogP contribution is -2.38. The van der Waals surface area contributed by atoms with Gasteiger partial charge in [-0.15, -0.1) is 0 Å². The Labute approximate surface area is 133 Å². The van der Waals surface area contributed by atoms with E-state index in [0.717, 1.165) is 6.07 Å². The van der Waals surface area contributed by atoms with Crippen LogP contribution in [0.3, 0.4) is 0 Å². The average Bonchev–Trinajstić information content (AvgIpc) is 2.45. The number of amides is 2. The zero-order chi connectivity index (χ0) is 17.6. The van der Waals surface area contributed by atoms with Gasteiger partial charge in [-0.05, 0) is 25.1 Å². The molecule has 0 unspecified atom stereocenters. The van der Waals surface area contributed by atoms with Gasteiger partial charge in [0.1, 0.15) is 0 Å². The monoisotopic (exact) mass is 352 g/mol. The van der Waals surface area contributed by atoms with E-state index in [2.05, 4.69) is 10.1 Å². The Balaban J connectivity index is 2.65. The second-order valence-electron chi connectivity index (χ2n) is 4.14. The van der Waals surface area contributed by atoms with Crippen molar-refractivity contribution in [1.82, 2.24) is 5.32 Å². The zero-order valence-electron chi connectivity index (χ0n) is 11.8. The molecular weight excluding hydrogens is 341 g/mol. The largest absolute Gasteiger partial charge is 0.459 e. The molecule has 0 aromatic heterocycles. The Morgan fingerprint density at radius 1 is 1.26 bits per heavy atom. The number of anilines is 1. The van der Waals surface area contributed by atoms with E-state index in [9.17, 15) is 27.6 Å². The molecule has 6 nitrogen and oxygen atoms in total. The fourth-order valence-electron chi connectivity index (χ4n) is 1.45. The molecule has 0 bridgehead atoms. The van der Waals surface area contributed by atoms with Crippen LogP contribution in [0, 0.1) is 0 Å². The molecule has 1 aromatic carbocycles. The van der Waals surface area contributed by atoms with E-state index < -0.39 is 41.1 Å². The topological polar surface area (TPSA) is 84.5 Å². The van der Waals surface area contributed by atoms with Gasteiger partial charge in [0.2, 0.25) is 5.91 Å². The van der Waals surface area contributed by atoms with Gasteiger partial charge in [0.15, 0.2) is 0 Å². The number of esters is 1. The maximum atomic E-state index is 12.7. The summed E-state index contributed by atoms with van der Waals surface area (Å²) in [6, 6.07) is 2.81. The molecule has 23 heavy (non-hydrogen) atoms. The molecule has 126 valence electrons. The van der Waals surface area contributed by atoms with Crippen molar-refractivity contribution in [3.05, 3.63) is 28.8 Å². The van der Waals surface area contributed by atoms with E-state index in [-0.39, 0.29) is 12.3 Å².